The molecule has 0 spiro atoms. The van der Waals surface area contributed by atoms with E-state index in [1.807, 2.05) is 25.1 Å². The lowest BCUT2D eigenvalue weighted by molar-refractivity contribution is 0.574. The van der Waals surface area contributed by atoms with Crippen molar-refractivity contribution < 1.29 is 0 Å². The maximum atomic E-state index is 12.4. The van der Waals surface area contributed by atoms with E-state index >= 15 is 0 Å². The lowest BCUT2D eigenvalue weighted by Crippen LogP contribution is -2.33. The zero-order valence-corrected chi connectivity index (χ0v) is 11.1. The van der Waals surface area contributed by atoms with E-state index in [0.29, 0.717) is 11.5 Å². The predicted molar refractivity (Wildman–Crippen MR) is 76.7 cm³/mol. The first-order valence-corrected chi connectivity index (χ1v) is 6.71. The highest BCUT2D eigenvalue weighted by Crippen LogP contribution is 2.22. The van der Waals surface area contributed by atoms with Gasteiger partial charge in [-0.2, -0.15) is 0 Å². The summed E-state index contributed by atoms with van der Waals surface area (Å²) in [7, 11) is 0. The molecule has 0 radical (unpaired) electrons. The first-order valence-electron chi connectivity index (χ1n) is 6.71. The van der Waals surface area contributed by atoms with Crippen LogP contribution in [0, 0.1) is 6.92 Å². The summed E-state index contributed by atoms with van der Waals surface area (Å²) >= 11 is 0. The first kappa shape index (κ1) is 12.0. The van der Waals surface area contributed by atoms with E-state index in [-0.39, 0.29) is 11.2 Å². The molecular formula is C14H18N4O. The summed E-state index contributed by atoms with van der Waals surface area (Å²) in [6.07, 6.45) is 3.50. The lowest BCUT2D eigenvalue weighted by Gasteiger charge is -2.28. The van der Waals surface area contributed by atoms with Crippen molar-refractivity contribution in [2.24, 2.45) is 0 Å². The average molecular weight is 258 g/mol. The Labute approximate surface area is 111 Å². The Morgan fingerprint density at radius 3 is 2.68 bits per heavy atom. The van der Waals surface area contributed by atoms with Gasteiger partial charge in [0.1, 0.15) is 11.3 Å². The molecule has 1 aliphatic heterocycles. The van der Waals surface area contributed by atoms with Crippen molar-refractivity contribution in [1.29, 1.82) is 0 Å². The minimum atomic E-state index is -0.163. The molecule has 2 N–H and O–H groups in total. The summed E-state index contributed by atoms with van der Waals surface area (Å²) in [5.74, 6) is 0.648. The fraction of sp³-hybridized carbons (Fsp3) is 0.429. The number of nitrogen functional groups attached to an aromatic ring is 1. The number of nitrogens with two attached hydrogens (primary N) is 1. The quantitative estimate of drug-likeness (QED) is 0.843. The molecule has 0 amide bonds. The number of aryl methyl sites for hydroxylation is 1. The van der Waals surface area contributed by atoms with E-state index in [0.717, 1.165) is 31.6 Å². The zero-order valence-electron chi connectivity index (χ0n) is 11.1. The number of anilines is 2. The van der Waals surface area contributed by atoms with Gasteiger partial charge in [-0.15, -0.1) is 0 Å². The number of piperidine rings is 1. The van der Waals surface area contributed by atoms with Crippen LogP contribution in [-0.4, -0.2) is 22.5 Å². The number of hydrogen-bond acceptors (Lipinski definition) is 4. The predicted octanol–water partition coefficient (Wildman–Crippen LogP) is 1.58. The van der Waals surface area contributed by atoms with Crippen molar-refractivity contribution >= 4 is 17.2 Å². The van der Waals surface area contributed by atoms with Crippen molar-refractivity contribution in [2.75, 3.05) is 23.7 Å². The van der Waals surface area contributed by atoms with Crippen molar-refractivity contribution in [2.45, 2.75) is 26.2 Å². The summed E-state index contributed by atoms with van der Waals surface area (Å²) < 4.78 is 1.57. The summed E-state index contributed by atoms with van der Waals surface area (Å²) in [4.78, 5) is 19.1. The maximum absolute atomic E-state index is 12.4. The topological polar surface area (TPSA) is 63.6 Å². The van der Waals surface area contributed by atoms with Crippen LogP contribution < -0.4 is 16.2 Å². The highest BCUT2D eigenvalue weighted by atomic mass is 16.1. The number of fused-ring (bicyclic) bond motifs is 1. The van der Waals surface area contributed by atoms with Gasteiger partial charge in [-0.25, -0.2) is 4.98 Å². The van der Waals surface area contributed by atoms with Crippen LogP contribution in [0.4, 0.5) is 11.5 Å². The Hall–Kier alpha value is -2.04. The van der Waals surface area contributed by atoms with Gasteiger partial charge in [0.25, 0.3) is 5.56 Å². The molecule has 100 valence electrons. The molecule has 0 aliphatic carbocycles. The third-order valence-electron chi connectivity index (χ3n) is 3.71. The second kappa shape index (κ2) is 4.57. The molecule has 1 fully saturated rings. The monoisotopic (exact) mass is 258 g/mol. The van der Waals surface area contributed by atoms with E-state index in [9.17, 15) is 4.79 Å². The van der Waals surface area contributed by atoms with Gasteiger partial charge in [0.2, 0.25) is 0 Å². The Morgan fingerprint density at radius 1 is 1.21 bits per heavy atom. The van der Waals surface area contributed by atoms with Crippen molar-refractivity contribution in [1.82, 2.24) is 9.38 Å². The number of pyridine rings is 1. The van der Waals surface area contributed by atoms with Crippen molar-refractivity contribution in [3.63, 3.8) is 0 Å². The molecule has 5 nitrogen and oxygen atoms in total. The van der Waals surface area contributed by atoms with E-state index in [4.69, 9.17) is 5.73 Å². The molecule has 1 saturated heterocycles. The zero-order chi connectivity index (χ0) is 13.4. The fourth-order valence-corrected chi connectivity index (χ4v) is 2.69. The SMILES string of the molecule is Cc1cccc2nc(N3CCCCC3)c(N)c(=O)n12. The third-order valence-corrected chi connectivity index (χ3v) is 3.71. The van der Waals surface area contributed by atoms with Gasteiger partial charge in [-0.1, -0.05) is 6.07 Å². The Bertz CT molecular complexity index is 671. The van der Waals surface area contributed by atoms with Gasteiger partial charge in [0, 0.05) is 18.8 Å². The number of nitrogens with zero attached hydrogens (tertiary/aromatic N) is 3. The third kappa shape index (κ3) is 1.95. The van der Waals surface area contributed by atoms with E-state index < -0.39 is 0 Å². The van der Waals surface area contributed by atoms with Crippen LogP contribution in [0.25, 0.3) is 5.65 Å². The van der Waals surface area contributed by atoms with Gasteiger partial charge >= 0.3 is 0 Å². The van der Waals surface area contributed by atoms with Gasteiger partial charge in [0.05, 0.1) is 0 Å². The fourth-order valence-electron chi connectivity index (χ4n) is 2.69. The minimum Gasteiger partial charge on any atom is -0.391 e. The summed E-state index contributed by atoms with van der Waals surface area (Å²) in [5, 5.41) is 0. The normalized spacial score (nSPS) is 15.9. The molecule has 2 aromatic heterocycles. The standard InChI is InChI=1S/C14H18N4O/c1-10-6-5-7-11-16-13(12(15)14(19)18(10)11)17-8-3-2-4-9-17/h5-7H,2-4,8-9,15H2,1H3. The Balaban J connectivity index is 2.21. The molecule has 1 aliphatic rings. The lowest BCUT2D eigenvalue weighted by atomic mass is 10.1. The summed E-state index contributed by atoms with van der Waals surface area (Å²) in [6.45, 7) is 3.74. The average Bonchev–Trinajstić information content (AvgIpc) is 2.43. The number of aromatic nitrogens is 2. The Morgan fingerprint density at radius 2 is 1.95 bits per heavy atom. The summed E-state index contributed by atoms with van der Waals surface area (Å²) in [5.41, 5.74) is 7.63. The van der Waals surface area contributed by atoms with Gasteiger partial charge in [-0.05, 0) is 38.3 Å². The molecule has 2 aromatic rings. The Kier molecular flexibility index (Phi) is 2.89. The second-order valence-electron chi connectivity index (χ2n) is 5.06. The largest absolute Gasteiger partial charge is 0.391 e. The summed E-state index contributed by atoms with van der Waals surface area (Å²) in [6, 6.07) is 5.64. The first-order chi connectivity index (χ1) is 9.18. The van der Waals surface area contributed by atoms with Crippen LogP contribution in [0.1, 0.15) is 25.0 Å². The van der Waals surface area contributed by atoms with Crippen LogP contribution in [0.3, 0.4) is 0 Å². The molecule has 5 heteroatoms. The van der Waals surface area contributed by atoms with E-state index in [1.54, 1.807) is 4.40 Å². The molecular weight excluding hydrogens is 240 g/mol. The van der Waals surface area contributed by atoms with Crippen molar-refractivity contribution in [3.8, 4) is 0 Å². The molecule has 0 unspecified atom stereocenters. The maximum Gasteiger partial charge on any atom is 0.283 e. The van der Waals surface area contributed by atoms with Crippen LogP contribution in [0.15, 0.2) is 23.0 Å². The highest BCUT2D eigenvalue weighted by molar-refractivity contribution is 5.65. The van der Waals surface area contributed by atoms with Crippen LogP contribution in [0.2, 0.25) is 0 Å². The molecule has 0 aromatic carbocycles. The molecule has 3 heterocycles. The smallest absolute Gasteiger partial charge is 0.283 e. The van der Waals surface area contributed by atoms with Crippen LogP contribution in [0.5, 0.6) is 0 Å². The number of rotatable bonds is 1. The molecule has 3 rings (SSSR count). The van der Waals surface area contributed by atoms with Gasteiger partial charge in [-0.3, -0.25) is 9.20 Å². The van der Waals surface area contributed by atoms with Crippen molar-refractivity contribution in [3.05, 3.63) is 34.2 Å². The van der Waals surface area contributed by atoms with Gasteiger partial charge in [0.15, 0.2) is 5.82 Å². The van der Waals surface area contributed by atoms with Crippen LogP contribution in [-0.2, 0) is 0 Å². The van der Waals surface area contributed by atoms with Gasteiger partial charge < -0.3 is 10.6 Å². The van der Waals surface area contributed by atoms with E-state index in [2.05, 4.69) is 9.88 Å². The molecule has 0 bridgehead atoms. The second-order valence-corrected chi connectivity index (χ2v) is 5.06. The molecule has 0 atom stereocenters. The number of hydrogen-bond donors (Lipinski definition) is 1. The highest BCUT2D eigenvalue weighted by Gasteiger charge is 2.18. The molecule has 0 saturated carbocycles. The van der Waals surface area contributed by atoms with E-state index in [1.165, 1.54) is 6.42 Å². The minimum absolute atomic E-state index is 0.163. The molecule has 19 heavy (non-hydrogen) atoms. The van der Waals surface area contributed by atoms with Crippen LogP contribution >= 0.6 is 0 Å².